The summed E-state index contributed by atoms with van der Waals surface area (Å²) in [6, 6.07) is 1.84. The van der Waals surface area contributed by atoms with Gasteiger partial charge in [-0.2, -0.15) is 0 Å². The van der Waals surface area contributed by atoms with E-state index in [2.05, 4.69) is 15.6 Å². The molecule has 110 valence electrons. The van der Waals surface area contributed by atoms with Crippen LogP contribution in [0, 0.1) is 6.92 Å². The predicted octanol–water partition coefficient (Wildman–Crippen LogP) is 0.589. The normalized spacial score (nSPS) is 10.1. The molecule has 0 saturated heterocycles. The smallest absolute Gasteiger partial charge is 0.221 e. The van der Waals surface area contributed by atoms with Crippen molar-refractivity contribution < 1.29 is 9.53 Å². The third-order valence-electron chi connectivity index (χ3n) is 2.68. The SMILES string of the molecule is COCCNC(=O)CCNc1nccc(C)c1C(N)=S. The lowest BCUT2D eigenvalue weighted by Gasteiger charge is -2.12. The molecule has 0 unspecified atom stereocenters. The molecule has 1 aromatic heterocycles. The molecule has 0 spiro atoms. The van der Waals surface area contributed by atoms with Crippen LogP contribution in [-0.2, 0) is 9.53 Å². The number of nitrogens with zero attached hydrogens (tertiary/aromatic N) is 1. The zero-order chi connectivity index (χ0) is 15.0. The molecule has 1 aromatic rings. The van der Waals surface area contributed by atoms with Gasteiger partial charge in [-0.3, -0.25) is 4.79 Å². The number of carbonyl (C=O) groups is 1. The number of ether oxygens (including phenoxy) is 1. The van der Waals surface area contributed by atoms with Gasteiger partial charge in [-0.05, 0) is 18.6 Å². The third kappa shape index (κ3) is 5.10. The summed E-state index contributed by atoms with van der Waals surface area (Å²) in [5.41, 5.74) is 7.37. The molecule has 6 nitrogen and oxygen atoms in total. The summed E-state index contributed by atoms with van der Waals surface area (Å²) in [4.78, 5) is 16.0. The lowest BCUT2D eigenvalue weighted by atomic mass is 10.1. The fourth-order valence-corrected chi connectivity index (χ4v) is 1.94. The monoisotopic (exact) mass is 296 g/mol. The number of rotatable bonds is 8. The number of pyridine rings is 1. The van der Waals surface area contributed by atoms with E-state index < -0.39 is 0 Å². The number of carbonyl (C=O) groups excluding carboxylic acids is 1. The highest BCUT2D eigenvalue weighted by atomic mass is 32.1. The molecule has 0 saturated carbocycles. The van der Waals surface area contributed by atoms with E-state index in [0.717, 1.165) is 11.1 Å². The lowest BCUT2D eigenvalue weighted by molar-refractivity contribution is -0.121. The van der Waals surface area contributed by atoms with Crippen molar-refractivity contribution in [1.29, 1.82) is 0 Å². The van der Waals surface area contributed by atoms with E-state index in [4.69, 9.17) is 22.7 Å². The average Bonchev–Trinajstić information content (AvgIpc) is 2.38. The van der Waals surface area contributed by atoms with Crippen molar-refractivity contribution in [2.45, 2.75) is 13.3 Å². The lowest BCUT2D eigenvalue weighted by Crippen LogP contribution is -2.28. The molecule has 0 fully saturated rings. The minimum Gasteiger partial charge on any atom is -0.389 e. The van der Waals surface area contributed by atoms with Gasteiger partial charge in [0.25, 0.3) is 0 Å². The Morgan fingerprint density at radius 1 is 1.50 bits per heavy atom. The maximum absolute atomic E-state index is 11.5. The summed E-state index contributed by atoms with van der Waals surface area (Å²) in [7, 11) is 1.59. The average molecular weight is 296 g/mol. The number of nitrogens with one attached hydrogen (secondary N) is 2. The molecular formula is C13H20N4O2S. The van der Waals surface area contributed by atoms with Crippen molar-refractivity contribution >= 4 is 28.9 Å². The summed E-state index contributed by atoms with van der Waals surface area (Å²) in [6.45, 7) is 3.39. The molecule has 0 radical (unpaired) electrons. The second-order valence-electron chi connectivity index (χ2n) is 4.24. The number of aryl methyl sites for hydroxylation is 1. The highest BCUT2D eigenvalue weighted by molar-refractivity contribution is 7.80. The van der Waals surface area contributed by atoms with Crippen molar-refractivity contribution in [1.82, 2.24) is 10.3 Å². The van der Waals surface area contributed by atoms with Gasteiger partial charge in [0.2, 0.25) is 5.91 Å². The Morgan fingerprint density at radius 3 is 2.90 bits per heavy atom. The summed E-state index contributed by atoms with van der Waals surface area (Å²) >= 11 is 5.01. The Bertz CT molecular complexity index is 479. The van der Waals surface area contributed by atoms with Gasteiger partial charge >= 0.3 is 0 Å². The number of nitrogens with two attached hydrogens (primary N) is 1. The number of methoxy groups -OCH3 is 1. The number of anilines is 1. The van der Waals surface area contributed by atoms with E-state index in [1.165, 1.54) is 0 Å². The second kappa shape index (κ2) is 8.44. The van der Waals surface area contributed by atoms with Gasteiger partial charge < -0.3 is 21.1 Å². The first-order valence-electron chi connectivity index (χ1n) is 6.31. The number of hydrogen-bond donors (Lipinski definition) is 3. The van der Waals surface area contributed by atoms with E-state index >= 15 is 0 Å². The summed E-state index contributed by atoms with van der Waals surface area (Å²) < 4.78 is 4.85. The van der Waals surface area contributed by atoms with Crippen LogP contribution in [0.15, 0.2) is 12.3 Å². The van der Waals surface area contributed by atoms with Crippen LogP contribution < -0.4 is 16.4 Å². The first kappa shape index (κ1) is 16.3. The highest BCUT2D eigenvalue weighted by Gasteiger charge is 2.09. The topological polar surface area (TPSA) is 89.3 Å². The molecule has 0 aromatic carbocycles. The quantitative estimate of drug-likeness (QED) is 0.480. The van der Waals surface area contributed by atoms with Gasteiger partial charge in [0, 0.05) is 32.8 Å². The predicted molar refractivity (Wildman–Crippen MR) is 82.9 cm³/mol. The van der Waals surface area contributed by atoms with E-state index in [1.54, 1.807) is 13.3 Å². The number of aromatic nitrogens is 1. The third-order valence-corrected chi connectivity index (χ3v) is 2.88. The molecule has 0 atom stereocenters. The zero-order valence-corrected chi connectivity index (χ0v) is 12.5. The Hall–Kier alpha value is -1.73. The molecule has 0 bridgehead atoms. The van der Waals surface area contributed by atoms with Crippen molar-refractivity contribution in [3.8, 4) is 0 Å². The van der Waals surface area contributed by atoms with E-state index in [-0.39, 0.29) is 5.91 Å². The standard InChI is InChI=1S/C13H20N4O2S/c1-9-3-5-16-13(11(9)12(14)20)17-6-4-10(18)15-7-8-19-2/h3,5H,4,6-8H2,1-2H3,(H2,14,20)(H,15,18)(H,16,17). The van der Waals surface area contributed by atoms with Crippen molar-refractivity contribution in [2.24, 2.45) is 5.73 Å². The Labute approximate surface area is 124 Å². The van der Waals surface area contributed by atoms with Crippen LogP contribution in [0.1, 0.15) is 17.5 Å². The summed E-state index contributed by atoms with van der Waals surface area (Å²) in [5, 5.41) is 5.83. The molecule has 0 aliphatic rings. The molecule has 1 amide bonds. The second-order valence-corrected chi connectivity index (χ2v) is 4.68. The van der Waals surface area contributed by atoms with Crippen molar-refractivity contribution in [3.05, 3.63) is 23.4 Å². The summed E-state index contributed by atoms with van der Waals surface area (Å²) in [5.74, 6) is 0.571. The maximum atomic E-state index is 11.5. The van der Waals surface area contributed by atoms with Crippen LogP contribution in [-0.4, -0.2) is 42.7 Å². The molecule has 1 rings (SSSR count). The van der Waals surface area contributed by atoms with Crippen LogP contribution in [0.4, 0.5) is 5.82 Å². The Balaban J connectivity index is 2.48. The largest absolute Gasteiger partial charge is 0.389 e. The Kier molecular flexibility index (Phi) is 6.89. The molecule has 0 aliphatic heterocycles. The van der Waals surface area contributed by atoms with Gasteiger partial charge in [-0.25, -0.2) is 4.98 Å². The molecule has 7 heteroatoms. The van der Waals surface area contributed by atoms with Gasteiger partial charge in [-0.15, -0.1) is 0 Å². The minimum absolute atomic E-state index is 0.0425. The van der Waals surface area contributed by atoms with Gasteiger partial charge in [-0.1, -0.05) is 12.2 Å². The van der Waals surface area contributed by atoms with Crippen molar-refractivity contribution in [2.75, 3.05) is 32.1 Å². The highest BCUT2D eigenvalue weighted by Crippen LogP contribution is 2.16. The first-order valence-corrected chi connectivity index (χ1v) is 6.72. The fourth-order valence-electron chi connectivity index (χ4n) is 1.68. The number of thiocarbonyl (C=S) groups is 1. The van der Waals surface area contributed by atoms with Crippen LogP contribution in [0.25, 0.3) is 0 Å². The number of amides is 1. The summed E-state index contributed by atoms with van der Waals surface area (Å²) in [6.07, 6.45) is 2.02. The van der Waals surface area contributed by atoms with E-state index in [1.807, 2.05) is 13.0 Å². The zero-order valence-electron chi connectivity index (χ0n) is 11.7. The fraction of sp³-hybridized carbons (Fsp3) is 0.462. The van der Waals surface area contributed by atoms with Gasteiger partial charge in [0.05, 0.1) is 12.2 Å². The maximum Gasteiger partial charge on any atom is 0.221 e. The van der Waals surface area contributed by atoms with Crippen molar-refractivity contribution in [3.63, 3.8) is 0 Å². The van der Waals surface area contributed by atoms with Crippen LogP contribution in [0.5, 0.6) is 0 Å². The van der Waals surface area contributed by atoms with E-state index in [0.29, 0.717) is 36.9 Å². The Morgan fingerprint density at radius 2 is 2.25 bits per heavy atom. The first-order chi connectivity index (χ1) is 9.56. The molecular weight excluding hydrogens is 276 g/mol. The minimum atomic E-state index is -0.0425. The van der Waals surface area contributed by atoms with Gasteiger partial charge in [0.15, 0.2) is 0 Å². The molecule has 20 heavy (non-hydrogen) atoms. The van der Waals surface area contributed by atoms with Crippen LogP contribution in [0.2, 0.25) is 0 Å². The molecule has 4 N–H and O–H groups in total. The van der Waals surface area contributed by atoms with Gasteiger partial charge in [0.1, 0.15) is 10.8 Å². The van der Waals surface area contributed by atoms with Crippen LogP contribution >= 0.6 is 12.2 Å². The molecule has 0 aliphatic carbocycles. The van der Waals surface area contributed by atoms with Crippen LogP contribution in [0.3, 0.4) is 0 Å². The number of hydrogen-bond acceptors (Lipinski definition) is 5. The molecule has 1 heterocycles. The van der Waals surface area contributed by atoms with E-state index in [9.17, 15) is 4.79 Å².